The molecule has 2 aromatic heterocycles. The van der Waals surface area contributed by atoms with Gasteiger partial charge in [-0.3, -0.25) is 4.98 Å². The molecule has 0 aliphatic carbocycles. The molecule has 0 fully saturated rings. The highest BCUT2D eigenvalue weighted by atomic mass is 32.2. The van der Waals surface area contributed by atoms with E-state index in [2.05, 4.69) is 15.2 Å². The van der Waals surface area contributed by atoms with E-state index in [0.717, 1.165) is 16.9 Å². The Hall–Kier alpha value is -1.34. The molecule has 2 heterocycles. The lowest BCUT2D eigenvalue weighted by Crippen LogP contribution is -2.02. The predicted molar refractivity (Wildman–Crippen MR) is 60.9 cm³/mol. The van der Waals surface area contributed by atoms with Crippen LogP contribution < -0.4 is 0 Å². The molecule has 0 spiro atoms. The minimum atomic E-state index is -3.26. The zero-order chi connectivity index (χ0) is 11.6. The van der Waals surface area contributed by atoms with Crippen LogP contribution in [0.15, 0.2) is 28.9 Å². The van der Waals surface area contributed by atoms with Crippen LogP contribution in [-0.2, 0) is 9.84 Å². The second-order valence-corrected chi connectivity index (χ2v) is 6.44. The highest BCUT2D eigenvalue weighted by molar-refractivity contribution is 7.93. The van der Waals surface area contributed by atoms with Crippen molar-refractivity contribution in [1.82, 2.24) is 15.2 Å². The molecule has 7 heteroatoms. The minimum absolute atomic E-state index is 0.0397. The molecule has 84 valence electrons. The number of hydrogen-bond acceptors (Lipinski definition) is 6. The maximum absolute atomic E-state index is 11.5. The van der Waals surface area contributed by atoms with Gasteiger partial charge in [0, 0.05) is 18.0 Å². The molecule has 0 amide bonds. The molecule has 0 aromatic carbocycles. The second-order valence-electron chi connectivity index (χ2n) is 3.01. The maximum Gasteiger partial charge on any atom is 0.232 e. The summed E-state index contributed by atoms with van der Waals surface area (Å²) >= 11 is 1.08. The van der Waals surface area contributed by atoms with Crippen LogP contribution in [0.25, 0.3) is 10.6 Å². The van der Waals surface area contributed by atoms with Gasteiger partial charge in [0.1, 0.15) is 5.01 Å². The van der Waals surface area contributed by atoms with Gasteiger partial charge in [-0.1, -0.05) is 18.3 Å². The summed E-state index contributed by atoms with van der Waals surface area (Å²) < 4.78 is 23.2. The summed E-state index contributed by atoms with van der Waals surface area (Å²) in [6.07, 6.45) is 3.26. The topological polar surface area (TPSA) is 72.8 Å². The molecule has 0 unspecified atom stereocenters. The molecule has 0 aliphatic rings. The van der Waals surface area contributed by atoms with E-state index in [1.807, 2.05) is 0 Å². The lowest BCUT2D eigenvalue weighted by Gasteiger charge is -1.92. The van der Waals surface area contributed by atoms with Crippen LogP contribution in [0.3, 0.4) is 0 Å². The van der Waals surface area contributed by atoms with Gasteiger partial charge in [0.25, 0.3) is 0 Å². The predicted octanol–water partition coefficient (Wildman–Crippen LogP) is 1.39. The fraction of sp³-hybridized carbons (Fsp3) is 0.222. The highest BCUT2D eigenvalue weighted by Gasteiger charge is 2.18. The Kier molecular flexibility index (Phi) is 2.97. The summed E-state index contributed by atoms with van der Waals surface area (Å²) in [5.74, 6) is 0.0397. The van der Waals surface area contributed by atoms with E-state index in [1.165, 1.54) is 0 Å². The average molecular weight is 255 g/mol. The Bertz CT molecular complexity index is 578. The van der Waals surface area contributed by atoms with Crippen LogP contribution in [0.5, 0.6) is 0 Å². The number of rotatable bonds is 3. The van der Waals surface area contributed by atoms with Crippen molar-refractivity contribution in [2.75, 3.05) is 5.75 Å². The average Bonchev–Trinajstić information content (AvgIpc) is 2.80. The van der Waals surface area contributed by atoms with Gasteiger partial charge in [-0.15, -0.1) is 10.2 Å². The molecule has 0 atom stereocenters. The van der Waals surface area contributed by atoms with Gasteiger partial charge >= 0.3 is 0 Å². The smallest absolute Gasteiger partial charge is 0.232 e. The van der Waals surface area contributed by atoms with Gasteiger partial charge in [-0.25, -0.2) is 8.42 Å². The van der Waals surface area contributed by atoms with Gasteiger partial charge < -0.3 is 0 Å². The Morgan fingerprint density at radius 1 is 1.25 bits per heavy atom. The molecule has 2 rings (SSSR count). The van der Waals surface area contributed by atoms with Crippen molar-refractivity contribution in [1.29, 1.82) is 0 Å². The number of hydrogen-bond donors (Lipinski definition) is 0. The minimum Gasteiger partial charge on any atom is -0.265 e. The van der Waals surface area contributed by atoms with Crippen molar-refractivity contribution in [2.24, 2.45) is 0 Å². The molecular formula is C9H9N3O2S2. The summed E-state index contributed by atoms with van der Waals surface area (Å²) in [7, 11) is -3.26. The first-order chi connectivity index (χ1) is 7.63. The van der Waals surface area contributed by atoms with E-state index in [-0.39, 0.29) is 10.1 Å². The summed E-state index contributed by atoms with van der Waals surface area (Å²) in [5, 5.41) is 8.15. The Morgan fingerprint density at radius 3 is 2.56 bits per heavy atom. The molecule has 5 nitrogen and oxygen atoms in total. The van der Waals surface area contributed by atoms with Crippen molar-refractivity contribution in [3.63, 3.8) is 0 Å². The van der Waals surface area contributed by atoms with E-state index >= 15 is 0 Å². The van der Waals surface area contributed by atoms with Gasteiger partial charge in [0.15, 0.2) is 0 Å². The number of aromatic nitrogens is 3. The second kappa shape index (κ2) is 4.26. The van der Waals surface area contributed by atoms with Gasteiger partial charge in [-0.2, -0.15) is 0 Å². The third-order valence-corrected chi connectivity index (χ3v) is 5.13. The van der Waals surface area contributed by atoms with Crippen molar-refractivity contribution in [2.45, 2.75) is 11.3 Å². The quantitative estimate of drug-likeness (QED) is 0.828. The van der Waals surface area contributed by atoms with Crippen molar-refractivity contribution in [3.8, 4) is 10.6 Å². The van der Waals surface area contributed by atoms with Crippen molar-refractivity contribution in [3.05, 3.63) is 24.5 Å². The summed E-state index contributed by atoms with van der Waals surface area (Å²) in [6.45, 7) is 1.59. The molecule has 0 saturated carbocycles. The van der Waals surface area contributed by atoms with Crippen LogP contribution in [0.2, 0.25) is 0 Å². The fourth-order valence-corrected chi connectivity index (χ4v) is 3.16. The van der Waals surface area contributed by atoms with Crippen LogP contribution in [-0.4, -0.2) is 29.4 Å². The molecule has 0 aliphatic heterocycles. The van der Waals surface area contributed by atoms with E-state index in [4.69, 9.17) is 0 Å². The standard InChI is InChI=1S/C9H9N3O2S2/c1-2-16(13,14)9-12-11-8(15-9)7-3-5-10-6-4-7/h3-6H,2H2,1H3. The monoisotopic (exact) mass is 255 g/mol. The lowest BCUT2D eigenvalue weighted by molar-refractivity contribution is 0.595. The number of pyridine rings is 1. The zero-order valence-electron chi connectivity index (χ0n) is 8.49. The maximum atomic E-state index is 11.5. The Balaban J connectivity index is 2.42. The van der Waals surface area contributed by atoms with Crippen LogP contribution in [0.1, 0.15) is 6.92 Å². The van der Waals surface area contributed by atoms with E-state index in [1.54, 1.807) is 31.5 Å². The van der Waals surface area contributed by atoms with Gasteiger partial charge in [-0.05, 0) is 12.1 Å². The third-order valence-electron chi connectivity index (χ3n) is 1.98. The first-order valence-corrected chi connectivity index (χ1v) is 7.07. The third kappa shape index (κ3) is 2.10. The summed E-state index contributed by atoms with van der Waals surface area (Å²) in [4.78, 5) is 3.88. The molecule has 0 saturated heterocycles. The number of nitrogens with zero attached hydrogens (tertiary/aromatic N) is 3. The van der Waals surface area contributed by atoms with E-state index < -0.39 is 9.84 Å². The van der Waals surface area contributed by atoms with Gasteiger partial charge in [0.2, 0.25) is 14.2 Å². The van der Waals surface area contributed by atoms with Crippen molar-refractivity contribution >= 4 is 21.2 Å². The van der Waals surface area contributed by atoms with Gasteiger partial charge in [0.05, 0.1) is 5.75 Å². The summed E-state index contributed by atoms with van der Waals surface area (Å²) in [5.41, 5.74) is 0.824. The number of sulfone groups is 1. The van der Waals surface area contributed by atoms with E-state index in [9.17, 15) is 8.42 Å². The molecule has 0 radical (unpaired) electrons. The lowest BCUT2D eigenvalue weighted by atomic mass is 10.3. The molecule has 0 N–H and O–H groups in total. The van der Waals surface area contributed by atoms with Crippen LogP contribution in [0, 0.1) is 0 Å². The fourth-order valence-electron chi connectivity index (χ4n) is 1.07. The molecule has 0 bridgehead atoms. The SMILES string of the molecule is CCS(=O)(=O)c1nnc(-c2ccncc2)s1. The highest BCUT2D eigenvalue weighted by Crippen LogP contribution is 2.25. The summed E-state index contributed by atoms with van der Waals surface area (Å²) in [6, 6.07) is 3.53. The van der Waals surface area contributed by atoms with Crippen LogP contribution in [0.4, 0.5) is 0 Å². The molecule has 2 aromatic rings. The molecule has 16 heavy (non-hydrogen) atoms. The Morgan fingerprint density at radius 2 is 1.94 bits per heavy atom. The normalized spacial score (nSPS) is 11.6. The van der Waals surface area contributed by atoms with E-state index in [0.29, 0.717) is 5.01 Å². The van der Waals surface area contributed by atoms with Crippen molar-refractivity contribution < 1.29 is 8.42 Å². The first-order valence-electron chi connectivity index (χ1n) is 4.60. The molecular weight excluding hydrogens is 246 g/mol. The zero-order valence-corrected chi connectivity index (χ0v) is 10.1. The largest absolute Gasteiger partial charge is 0.265 e. The first kappa shape index (κ1) is 11.2. The van der Waals surface area contributed by atoms with Crippen LogP contribution >= 0.6 is 11.3 Å². The Labute approximate surface area is 97.1 Å².